The van der Waals surface area contributed by atoms with Crippen molar-refractivity contribution in [2.24, 2.45) is 5.16 Å². The Morgan fingerprint density at radius 2 is 1.84 bits per heavy atom. The van der Waals surface area contributed by atoms with E-state index in [1.807, 2.05) is 0 Å². The number of amides is 1. The van der Waals surface area contributed by atoms with Gasteiger partial charge in [0.05, 0.1) is 21.2 Å². The van der Waals surface area contributed by atoms with Crippen LogP contribution in [0, 0.1) is 6.92 Å². The van der Waals surface area contributed by atoms with Crippen molar-refractivity contribution >= 4 is 44.6 Å². The zero-order valence-corrected chi connectivity index (χ0v) is 21.0. The molecule has 0 saturated heterocycles. The van der Waals surface area contributed by atoms with E-state index in [-0.39, 0.29) is 17.1 Å². The zero-order valence-electron chi connectivity index (χ0n) is 19.4. The molecule has 2 N–H and O–H groups in total. The number of oxime groups is 1. The molecule has 0 bridgehead atoms. The molecule has 0 fully saturated rings. The van der Waals surface area contributed by atoms with E-state index in [9.17, 15) is 26.4 Å². The van der Waals surface area contributed by atoms with E-state index in [1.54, 1.807) is 31.2 Å². The number of hydrogen-bond donors (Lipinski definition) is 2. The Balaban J connectivity index is 2.05. The first kappa shape index (κ1) is 27.7. The molecule has 1 aromatic heterocycles. The van der Waals surface area contributed by atoms with Crippen molar-refractivity contribution in [2.45, 2.75) is 18.0 Å². The number of benzene rings is 2. The number of nitrogens with one attached hydrogen (secondary N) is 2. The zero-order chi connectivity index (χ0) is 27.4. The molecular formula is C24H20ClF3N4O4S. The van der Waals surface area contributed by atoms with Crippen LogP contribution in [-0.4, -0.2) is 32.1 Å². The second-order valence-corrected chi connectivity index (χ2v) is 9.64. The summed E-state index contributed by atoms with van der Waals surface area (Å²) in [5, 5.41) is 5.93. The van der Waals surface area contributed by atoms with Gasteiger partial charge in [0, 0.05) is 17.4 Å². The molecule has 0 aliphatic carbocycles. The third kappa shape index (κ3) is 6.66. The first-order valence-corrected chi connectivity index (χ1v) is 12.2. The summed E-state index contributed by atoms with van der Waals surface area (Å²) in [4.78, 5) is 20.1. The predicted molar refractivity (Wildman–Crippen MR) is 134 cm³/mol. The number of anilines is 2. The quantitative estimate of drug-likeness (QED) is 0.221. The smallest absolute Gasteiger partial charge is 0.399 e. The highest BCUT2D eigenvalue weighted by Crippen LogP contribution is 2.36. The highest BCUT2D eigenvalue weighted by Gasteiger charge is 2.34. The highest BCUT2D eigenvalue weighted by atomic mass is 35.5. The summed E-state index contributed by atoms with van der Waals surface area (Å²) in [6.45, 7) is 5.04. The second-order valence-electron chi connectivity index (χ2n) is 7.55. The summed E-state index contributed by atoms with van der Waals surface area (Å²) < 4.78 is 68.3. The molecule has 37 heavy (non-hydrogen) atoms. The Bertz CT molecular complexity index is 1470. The van der Waals surface area contributed by atoms with Crippen LogP contribution in [0.4, 0.5) is 24.5 Å². The van der Waals surface area contributed by atoms with E-state index in [2.05, 4.69) is 26.8 Å². The normalized spacial score (nSPS) is 12.1. The van der Waals surface area contributed by atoms with Crippen molar-refractivity contribution < 1.29 is 31.2 Å². The molecule has 0 aliphatic heterocycles. The van der Waals surface area contributed by atoms with Crippen LogP contribution in [0.1, 0.15) is 22.4 Å². The number of alkyl halides is 3. The van der Waals surface area contributed by atoms with Crippen molar-refractivity contribution in [1.29, 1.82) is 0 Å². The molecule has 0 spiro atoms. The van der Waals surface area contributed by atoms with Gasteiger partial charge < -0.3 is 10.2 Å². The summed E-state index contributed by atoms with van der Waals surface area (Å²) in [6.07, 6.45) is -2.28. The number of rotatable bonds is 8. The lowest BCUT2D eigenvalue weighted by Gasteiger charge is -2.16. The molecule has 0 aliphatic rings. The van der Waals surface area contributed by atoms with Gasteiger partial charge in [0.2, 0.25) is 5.91 Å². The van der Waals surface area contributed by atoms with Gasteiger partial charge in [-0.1, -0.05) is 35.5 Å². The third-order valence-corrected chi connectivity index (χ3v) is 6.53. The fourth-order valence-electron chi connectivity index (χ4n) is 3.16. The third-order valence-electron chi connectivity index (χ3n) is 4.84. The minimum atomic E-state index is -4.85. The van der Waals surface area contributed by atoms with Gasteiger partial charge in [-0.05, 0) is 55.0 Å². The molecule has 1 amide bonds. The predicted octanol–water partition coefficient (Wildman–Crippen LogP) is 5.39. The second kappa shape index (κ2) is 11.0. The van der Waals surface area contributed by atoms with Crippen molar-refractivity contribution in [1.82, 2.24) is 4.98 Å². The van der Waals surface area contributed by atoms with Gasteiger partial charge in [0.25, 0.3) is 10.0 Å². The number of halogens is 4. The lowest BCUT2D eigenvalue weighted by atomic mass is 10.0. The molecule has 0 atom stereocenters. The first-order chi connectivity index (χ1) is 17.4. The van der Waals surface area contributed by atoms with Crippen molar-refractivity contribution in [3.8, 4) is 0 Å². The molecule has 3 rings (SSSR count). The van der Waals surface area contributed by atoms with Gasteiger partial charge in [-0.25, -0.2) is 8.42 Å². The number of sulfonamides is 1. The first-order valence-electron chi connectivity index (χ1n) is 10.4. The van der Waals surface area contributed by atoms with Crippen LogP contribution in [0.15, 0.2) is 77.4 Å². The summed E-state index contributed by atoms with van der Waals surface area (Å²) >= 11 is 5.63. The van der Waals surface area contributed by atoms with E-state index in [1.165, 1.54) is 19.4 Å². The van der Waals surface area contributed by atoms with Gasteiger partial charge in [0.1, 0.15) is 18.5 Å². The average Bonchev–Trinajstić information content (AvgIpc) is 2.83. The van der Waals surface area contributed by atoms with E-state index >= 15 is 0 Å². The van der Waals surface area contributed by atoms with Crippen LogP contribution in [0.5, 0.6) is 0 Å². The number of aromatic nitrogens is 1. The lowest BCUT2D eigenvalue weighted by Crippen LogP contribution is -2.18. The van der Waals surface area contributed by atoms with Gasteiger partial charge in [-0.2, -0.15) is 13.2 Å². The van der Waals surface area contributed by atoms with Gasteiger partial charge in [-0.3, -0.25) is 14.5 Å². The number of hydrogen-bond acceptors (Lipinski definition) is 6. The van der Waals surface area contributed by atoms with Crippen molar-refractivity contribution in [2.75, 3.05) is 17.1 Å². The molecule has 3 aromatic rings. The largest absolute Gasteiger partial charge is 0.417 e. The SMILES string of the molecule is C=CC(=O)Nc1ccc(/C(=N\OC)c2ncc(C)cc2NS(=O)(=O)c2ccc(Cl)c(C(F)(F)F)c2)cc1. The number of pyridine rings is 1. The minimum absolute atomic E-state index is 0.0453. The summed E-state index contributed by atoms with van der Waals surface area (Å²) in [7, 11) is -3.23. The Labute approximate surface area is 215 Å². The standard InChI is InChI=1S/C24H20ClF3N4O4S/c1-4-21(33)30-16-7-5-15(6-8-16)22(31-36-3)23-20(11-14(2)13-29-23)32-37(34,35)17-9-10-19(25)18(12-17)24(26,27)28/h4-13,32H,1H2,2-3H3,(H,30,33)/b31-22+. The number of nitrogens with zero attached hydrogens (tertiary/aromatic N) is 2. The molecular weight excluding hydrogens is 533 g/mol. The van der Waals surface area contributed by atoms with E-state index < -0.39 is 37.6 Å². The topological polar surface area (TPSA) is 110 Å². The molecule has 0 saturated carbocycles. The molecule has 194 valence electrons. The average molecular weight is 553 g/mol. The van der Waals surface area contributed by atoms with Gasteiger partial charge in [-0.15, -0.1) is 0 Å². The number of aryl methyl sites for hydroxylation is 1. The van der Waals surface area contributed by atoms with E-state index in [4.69, 9.17) is 16.4 Å². The van der Waals surface area contributed by atoms with E-state index in [0.717, 1.165) is 18.2 Å². The Morgan fingerprint density at radius 1 is 1.16 bits per heavy atom. The lowest BCUT2D eigenvalue weighted by molar-refractivity contribution is -0.137. The molecule has 0 radical (unpaired) electrons. The maximum Gasteiger partial charge on any atom is 0.417 e. The fraction of sp³-hybridized carbons (Fsp3) is 0.125. The van der Waals surface area contributed by atoms with Crippen molar-refractivity contribution in [3.05, 3.63) is 94.8 Å². The van der Waals surface area contributed by atoms with Crippen LogP contribution in [0.3, 0.4) is 0 Å². The fourth-order valence-corrected chi connectivity index (χ4v) is 4.46. The van der Waals surface area contributed by atoms with Crippen LogP contribution in [0.2, 0.25) is 5.02 Å². The minimum Gasteiger partial charge on any atom is -0.399 e. The van der Waals surface area contributed by atoms with Crippen LogP contribution in [0.25, 0.3) is 0 Å². The van der Waals surface area contributed by atoms with Crippen LogP contribution in [-0.2, 0) is 25.8 Å². The van der Waals surface area contributed by atoms with Gasteiger partial charge >= 0.3 is 6.18 Å². The molecule has 13 heteroatoms. The Kier molecular flexibility index (Phi) is 8.24. The van der Waals surface area contributed by atoms with Gasteiger partial charge in [0.15, 0.2) is 0 Å². The summed E-state index contributed by atoms with van der Waals surface area (Å²) in [6, 6.07) is 10.1. The number of carbonyl (C=O) groups is 1. The van der Waals surface area contributed by atoms with E-state index in [0.29, 0.717) is 22.9 Å². The summed E-state index contributed by atoms with van der Waals surface area (Å²) in [5.74, 6) is -0.411. The molecule has 8 nitrogen and oxygen atoms in total. The monoisotopic (exact) mass is 552 g/mol. The molecule has 1 heterocycles. The summed E-state index contributed by atoms with van der Waals surface area (Å²) in [5.41, 5.74) is 0.298. The Morgan fingerprint density at radius 3 is 2.43 bits per heavy atom. The van der Waals surface area contributed by atoms with Crippen LogP contribution < -0.4 is 10.0 Å². The highest BCUT2D eigenvalue weighted by molar-refractivity contribution is 7.92. The number of carbonyl (C=O) groups excluding carboxylic acids is 1. The Hall–Kier alpha value is -3.90. The molecule has 0 unspecified atom stereocenters. The molecule has 2 aromatic carbocycles. The van der Waals surface area contributed by atoms with Crippen LogP contribution >= 0.6 is 11.6 Å². The maximum atomic E-state index is 13.3. The van der Waals surface area contributed by atoms with Crippen molar-refractivity contribution in [3.63, 3.8) is 0 Å². The maximum absolute atomic E-state index is 13.3.